The monoisotopic (exact) mass is 330 g/mol. The molecule has 0 heterocycles. The van der Waals surface area contributed by atoms with Crippen LogP contribution in [0.15, 0.2) is 36.0 Å². The Labute approximate surface area is 142 Å². The van der Waals surface area contributed by atoms with Crippen LogP contribution in [0.1, 0.15) is 40.5 Å². The van der Waals surface area contributed by atoms with E-state index in [4.69, 9.17) is 0 Å². The van der Waals surface area contributed by atoms with Crippen LogP contribution in [0.2, 0.25) is 0 Å². The molecule has 0 amide bonds. The van der Waals surface area contributed by atoms with E-state index >= 15 is 0 Å². The lowest BCUT2D eigenvalue weighted by Gasteiger charge is -2.57. The van der Waals surface area contributed by atoms with Gasteiger partial charge in [0.1, 0.15) is 6.10 Å². The highest BCUT2D eigenvalue weighted by atomic mass is 16.3. The second kappa shape index (κ2) is 4.99. The van der Waals surface area contributed by atoms with Crippen molar-refractivity contribution in [3.05, 3.63) is 36.0 Å². The Morgan fingerprint density at radius 3 is 2.38 bits per heavy atom. The lowest BCUT2D eigenvalue weighted by atomic mass is 9.47. The maximum Gasteiger partial charge on any atom is 0.168 e. The molecule has 1 saturated carbocycles. The molecule has 2 N–H and O–H groups in total. The molecule has 1 fully saturated rings. The molecule has 24 heavy (non-hydrogen) atoms. The fraction of sp³-hybridized carbons (Fsp3) is 0.600. The van der Waals surface area contributed by atoms with Crippen molar-refractivity contribution in [2.75, 3.05) is 0 Å². The molecule has 3 aliphatic rings. The SMILES string of the molecule is C=C[C@@]1(C)C(=O)C=C2C(=CC[C@@H]3C(C)(C)[C@H](O)C(=O)C[C@@]23C)[C@@H]1O. The van der Waals surface area contributed by atoms with Crippen molar-refractivity contribution in [2.45, 2.75) is 52.7 Å². The summed E-state index contributed by atoms with van der Waals surface area (Å²) in [6, 6.07) is 0. The highest BCUT2D eigenvalue weighted by Gasteiger charge is 2.59. The van der Waals surface area contributed by atoms with E-state index in [0.717, 1.165) is 11.1 Å². The lowest BCUT2D eigenvalue weighted by Crippen LogP contribution is -2.58. The fourth-order valence-corrected chi connectivity index (χ4v) is 5.00. The summed E-state index contributed by atoms with van der Waals surface area (Å²) in [5.74, 6) is -0.351. The van der Waals surface area contributed by atoms with E-state index in [1.54, 1.807) is 13.0 Å². The summed E-state index contributed by atoms with van der Waals surface area (Å²) < 4.78 is 0. The zero-order valence-corrected chi connectivity index (χ0v) is 14.8. The molecule has 0 aromatic heterocycles. The zero-order chi connectivity index (χ0) is 18.1. The summed E-state index contributed by atoms with van der Waals surface area (Å²) in [4.78, 5) is 25.1. The molecular formula is C20H26O4. The second-order valence-corrected chi connectivity index (χ2v) is 8.54. The maximum atomic E-state index is 12.7. The fourth-order valence-electron chi connectivity index (χ4n) is 5.00. The van der Waals surface area contributed by atoms with Crippen molar-refractivity contribution in [1.29, 1.82) is 0 Å². The van der Waals surface area contributed by atoms with Crippen LogP contribution in [-0.4, -0.2) is 34.0 Å². The van der Waals surface area contributed by atoms with E-state index in [-0.39, 0.29) is 23.9 Å². The summed E-state index contributed by atoms with van der Waals surface area (Å²) in [5, 5.41) is 21.2. The maximum absolute atomic E-state index is 12.7. The quantitative estimate of drug-likeness (QED) is 0.724. The first kappa shape index (κ1) is 17.3. The van der Waals surface area contributed by atoms with Gasteiger partial charge in [0.15, 0.2) is 11.6 Å². The molecule has 0 spiro atoms. The predicted octanol–water partition coefficient (Wildman–Crippen LogP) is 2.36. The number of Topliss-reactive ketones (excluding diaryl/α,β-unsaturated/α-hetero) is 1. The molecule has 130 valence electrons. The summed E-state index contributed by atoms with van der Waals surface area (Å²) in [5.41, 5.74) is -0.685. The topological polar surface area (TPSA) is 74.6 Å². The second-order valence-electron chi connectivity index (χ2n) is 8.54. The van der Waals surface area contributed by atoms with Gasteiger partial charge in [0.25, 0.3) is 0 Å². The molecular weight excluding hydrogens is 304 g/mol. The highest BCUT2D eigenvalue weighted by Crippen LogP contribution is 2.60. The first-order chi connectivity index (χ1) is 11.0. The van der Waals surface area contributed by atoms with Gasteiger partial charge in [-0.2, -0.15) is 0 Å². The minimum absolute atomic E-state index is 0.0285. The third-order valence-corrected chi connectivity index (χ3v) is 6.81. The lowest BCUT2D eigenvalue weighted by molar-refractivity contribution is -0.152. The van der Waals surface area contributed by atoms with Gasteiger partial charge in [0.2, 0.25) is 0 Å². The number of carbonyl (C=O) groups is 2. The molecule has 3 rings (SSSR count). The Kier molecular flexibility index (Phi) is 3.60. The number of hydrogen-bond acceptors (Lipinski definition) is 4. The van der Waals surface area contributed by atoms with E-state index in [1.165, 1.54) is 6.08 Å². The van der Waals surface area contributed by atoms with E-state index in [1.807, 2.05) is 26.8 Å². The number of carbonyl (C=O) groups excluding carboxylic acids is 2. The van der Waals surface area contributed by atoms with Crippen molar-refractivity contribution in [3.63, 3.8) is 0 Å². The van der Waals surface area contributed by atoms with Gasteiger partial charge in [0.05, 0.1) is 11.5 Å². The van der Waals surface area contributed by atoms with Crippen molar-refractivity contribution in [1.82, 2.24) is 0 Å². The van der Waals surface area contributed by atoms with Crippen LogP contribution in [0.25, 0.3) is 0 Å². The molecule has 5 atom stereocenters. The van der Waals surface area contributed by atoms with Gasteiger partial charge in [-0.3, -0.25) is 9.59 Å². The summed E-state index contributed by atoms with van der Waals surface area (Å²) in [7, 11) is 0. The van der Waals surface area contributed by atoms with Gasteiger partial charge in [-0.15, -0.1) is 6.58 Å². The Morgan fingerprint density at radius 1 is 1.17 bits per heavy atom. The first-order valence-electron chi connectivity index (χ1n) is 8.49. The smallest absolute Gasteiger partial charge is 0.168 e. The average Bonchev–Trinajstić information content (AvgIpc) is 2.51. The molecule has 0 aromatic rings. The van der Waals surface area contributed by atoms with Crippen LogP contribution in [0.3, 0.4) is 0 Å². The van der Waals surface area contributed by atoms with Crippen molar-refractivity contribution < 1.29 is 19.8 Å². The number of aliphatic hydroxyl groups excluding tert-OH is 2. The van der Waals surface area contributed by atoms with E-state index in [9.17, 15) is 19.8 Å². The molecule has 0 aromatic carbocycles. The van der Waals surface area contributed by atoms with Crippen LogP contribution >= 0.6 is 0 Å². The van der Waals surface area contributed by atoms with E-state index in [0.29, 0.717) is 6.42 Å². The number of allylic oxidation sites excluding steroid dienone is 2. The summed E-state index contributed by atoms with van der Waals surface area (Å²) in [6.45, 7) is 11.2. The van der Waals surface area contributed by atoms with Crippen LogP contribution in [0.5, 0.6) is 0 Å². The molecule has 0 radical (unpaired) electrons. The number of rotatable bonds is 1. The molecule has 0 bridgehead atoms. The number of aliphatic hydroxyl groups is 2. The van der Waals surface area contributed by atoms with Crippen LogP contribution < -0.4 is 0 Å². The Bertz CT molecular complexity index is 698. The third kappa shape index (κ3) is 1.93. The normalized spacial score (nSPS) is 44.2. The Hall–Kier alpha value is -1.52. The standard InChI is InChI=1S/C20H26O4/c1-6-19(4)15(22)9-12-11(16(19)23)7-8-14-18(2,3)17(24)13(21)10-20(12,14)5/h6-7,9,14,16-17,23-24H,1,8,10H2,2-5H3/t14-,16+,17-,19+,20+/m1/s1. The molecule has 3 aliphatic carbocycles. The van der Waals surface area contributed by atoms with Gasteiger partial charge in [-0.1, -0.05) is 32.9 Å². The minimum Gasteiger partial charge on any atom is -0.387 e. The summed E-state index contributed by atoms with van der Waals surface area (Å²) in [6.07, 6.45) is 3.98. The van der Waals surface area contributed by atoms with E-state index < -0.39 is 28.5 Å². The molecule has 4 nitrogen and oxygen atoms in total. The van der Waals surface area contributed by atoms with Crippen molar-refractivity contribution in [2.24, 2.45) is 22.2 Å². The zero-order valence-electron chi connectivity index (χ0n) is 14.8. The predicted molar refractivity (Wildman–Crippen MR) is 91.1 cm³/mol. The van der Waals surface area contributed by atoms with Gasteiger partial charge in [0, 0.05) is 17.3 Å². The minimum atomic E-state index is -1.04. The molecule has 0 unspecified atom stereocenters. The molecule has 0 saturated heterocycles. The molecule has 0 aliphatic heterocycles. The Balaban J connectivity index is 2.18. The largest absolute Gasteiger partial charge is 0.387 e. The van der Waals surface area contributed by atoms with Crippen LogP contribution in [0.4, 0.5) is 0 Å². The van der Waals surface area contributed by atoms with Gasteiger partial charge in [-0.05, 0) is 36.5 Å². The third-order valence-electron chi connectivity index (χ3n) is 6.81. The van der Waals surface area contributed by atoms with Gasteiger partial charge in [-0.25, -0.2) is 0 Å². The van der Waals surface area contributed by atoms with Crippen LogP contribution in [-0.2, 0) is 9.59 Å². The van der Waals surface area contributed by atoms with E-state index in [2.05, 4.69) is 6.58 Å². The number of fused-ring (bicyclic) bond motifs is 3. The number of hydrogen-bond donors (Lipinski definition) is 2. The Morgan fingerprint density at radius 2 is 1.79 bits per heavy atom. The average molecular weight is 330 g/mol. The summed E-state index contributed by atoms with van der Waals surface area (Å²) >= 11 is 0. The van der Waals surface area contributed by atoms with Crippen molar-refractivity contribution in [3.8, 4) is 0 Å². The van der Waals surface area contributed by atoms with Gasteiger partial charge >= 0.3 is 0 Å². The molecule has 4 heteroatoms. The van der Waals surface area contributed by atoms with Gasteiger partial charge < -0.3 is 10.2 Å². The van der Waals surface area contributed by atoms with Crippen molar-refractivity contribution >= 4 is 11.6 Å². The first-order valence-corrected chi connectivity index (χ1v) is 8.49. The highest BCUT2D eigenvalue weighted by molar-refractivity contribution is 6.00. The number of ketones is 2. The van der Waals surface area contributed by atoms with Crippen LogP contribution in [0, 0.1) is 22.2 Å².